The van der Waals surface area contributed by atoms with Crippen molar-refractivity contribution in [1.29, 1.82) is 0 Å². The number of anilines is 1. The first kappa shape index (κ1) is 17.3. The standard InChI is InChI=1S/C14H22N2O4S/c1-6-10(2)15-14(17)12-9-11(7-8-13(12)20-4)16(3)21(5,18)19/h7-10H,6H2,1-5H3,(H,15,17)/t10-/m0/s1. The van der Waals surface area contributed by atoms with Gasteiger partial charge < -0.3 is 10.1 Å². The molecule has 1 N–H and O–H groups in total. The Morgan fingerprint density at radius 1 is 1.43 bits per heavy atom. The summed E-state index contributed by atoms with van der Waals surface area (Å²) in [6.45, 7) is 3.87. The van der Waals surface area contributed by atoms with Crippen LogP contribution in [0.5, 0.6) is 5.75 Å². The van der Waals surface area contributed by atoms with Gasteiger partial charge in [0.05, 0.1) is 24.6 Å². The molecule has 0 aliphatic carbocycles. The summed E-state index contributed by atoms with van der Waals surface area (Å²) < 4.78 is 29.5. The third-order valence-electron chi connectivity index (χ3n) is 3.28. The molecule has 0 saturated heterocycles. The minimum absolute atomic E-state index is 0.0264. The Kier molecular flexibility index (Phi) is 5.60. The molecule has 0 bridgehead atoms. The lowest BCUT2D eigenvalue weighted by Gasteiger charge is -2.19. The maximum absolute atomic E-state index is 12.3. The number of carbonyl (C=O) groups excluding carboxylic acids is 1. The van der Waals surface area contributed by atoms with Gasteiger partial charge in [-0.1, -0.05) is 6.92 Å². The van der Waals surface area contributed by atoms with E-state index in [0.717, 1.165) is 17.0 Å². The molecule has 0 unspecified atom stereocenters. The highest BCUT2D eigenvalue weighted by Gasteiger charge is 2.18. The lowest BCUT2D eigenvalue weighted by atomic mass is 10.1. The van der Waals surface area contributed by atoms with Crippen LogP contribution in [0.2, 0.25) is 0 Å². The van der Waals surface area contributed by atoms with Gasteiger partial charge in [0.25, 0.3) is 5.91 Å². The topological polar surface area (TPSA) is 75.7 Å². The molecule has 118 valence electrons. The fraction of sp³-hybridized carbons (Fsp3) is 0.500. The monoisotopic (exact) mass is 314 g/mol. The molecular formula is C14H22N2O4S. The van der Waals surface area contributed by atoms with Gasteiger partial charge in [-0.15, -0.1) is 0 Å². The SMILES string of the molecule is CC[C@H](C)NC(=O)c1cc(N(C)S(C)(=O)=O)ccc1OC. The third kappa shape index (κ3) is 4.35. The largest absolute Gasteiger partial charge is 0.496 e. The molecular weight excluding hydrogens is 292 g/mol. The van der Waals surface area contributed by atoms with Gasteiger partial charge in [0, 0.05) is 13.1 Å². The van der Waals surface area contributed by atoms with Crippen LogP contribution in [0.1, 0.15) is 30.6 Å². The van der Waals surface area contributed by atoms with Crippen molar-refractivity contribution in [3.8, 4) is 5.75 Å². The van der Waals surface area contributed by atoms with Crippen molar-refractivity contribution in [2.75, 3.05) is 24.7 Å². The van der Waals surface area contributed by atoms with E-state index in [1.807, 2.05) is 13.8 Å². The normalized spacial score (nSPS) is 12.6. The molecule has 0 spiro atoms. The predicted molar refractivity (Wildman–Crippen MR) is 83.5 cm³/mol. The van der Waals surface area contributed by atoms with Crippen LogP contribution in [0.4, 0.5) is 5.69 Å². The number of amides is 1. The maximum atomic E-state index is 12.3. The van der Waals surface area contributed by atoms with Gasteiger partial charge in [0.1, 0.15) is 5.75 Å². The van der Waals surface area contributed by atoms with E-state index in [2.05, 4.69) is 5.32 Å². The van der Waals surface area contributed by atoms with E-state index in [1.54, 1.807) is 12.1 Å². The molecule has 1 atom stereocenters. The number of hydrogen-bond acceptors (Lipinski definition) is 4. The average molecular weight is 314 g/mol. The minimum Gasteiger partial charge on any atom is -0.496 e. The molecule has 0 heterocycles. The summed E-state index contributed by atoms with van der Waals surface area (Å²) in [6, 6.07) is 4.72. The minimum atomic E-state index is -3.38. The van der Waals surface area contributed by atoms with Gasteiger partial charge in [-0.05, 0) is 31.5 Å². The Balaban J connectivity index is 3.20. The molecule has 0 radical (unpaired) electrons. The summed E-state index contributed by atoms with van der Waals surface area (Å²) in [7, 11) is -0.479. The van der Waals surface area contributed by atoms with E-state index < -0.39 is 10.0 Å². The van der Waals surface area contributed by atoms with Crippen LogP contribution in [-0.2, 0) is 10.0 Å². The molecule has 0 aromatic heterocycles. The van der Waals surface area contributed by atoms with E-state index in [9.17, 15) is 13.2 Å². The number of carbonyl (C=O) groups is 1. The van der Waals surface area contributed by atoms with Gasteiger partial charge in [-0.2, -0.15) is 0 Å². The van der Waals surface area contributed by atoms with Gasteiger partial charge in [0.15, 0.2) is 0 Å². The van der Waals surface area contributed by atoms with E-state index >= 15 is 0 Å². The van der Waals surface area contributed by atoms with Crippen LogP contribution in [0.3, 0.4) is 0 Å². The highest BCUT2D eigenvalue weighted by atomic mass is 32.2. The number of hydrogen-bond donors (Lipinski definition) is 1. The zero-order valence-corrected chi connectivity index (χ0v) is 13.8. The predicted octanol–water partition coefficient (Wildman–Crippen LogP) is 1.62. The number of methoxy groups -OCH3 is 1. The molecule has 21 heavy (non-hydrogen) atoms. The van der Waals surface area contributed by atoms with E-state index in [1.165, 1.54) is 20.2 Å². The summed E-state index contributed by atoms with van der Waals surface area (Å²) in [6.07, 6.45) is 1.91. The molecule has 6 nitrogen and oxygen atoms in total. The Hall–Kier alpha value is -1.76. The Labute approximate surface area is 126 Å². The second-order valence-corrected chi connectivity index (χ2v) is 6.91. The fourth-order valence-corrected chi connectivity index (χ4v) is 2.16. The summed E-state index contributed by atoms with van der Waals surface area (Å²) in [5.74, 6) is 0.117. The molecule has 1 amide bonds. The number of benzene rings is 1. The average Bonchev–Trinajstić information content (AvgIpc) is 2.44. The van der Waals surface area contributed by atoms with Crippen molar-refractivity contribution >= 4 is 21.6 Å². The number of ether oxygens (including phenoxy) is 1. The third-order valence-corrected chi connectivity index (χ3v) is 4.48. The number of sulfonamides is 1. The van der Waals surface area contributed by atoms with Gasteiger partial charge in [0.2, 0.25) is 10.0 Å². The Morgan fingerprint density at radius 3 is 2.52 bits per heavy atom. The quantitative estimate of drug-likeness (QED) is 0.865. The number of nitrogens with one attached hydrogen (secondary N) is 1. The van der Waals surface area contributed by atoms with Gasteiger partial charge in [-0.25, -0.2) is 8.42 Å². The summed E-state index contributed by atoms with van der Waals surface area (Å²) in [4.78, 5) is 12.3. The molecule has 0 aliphatic rings. The first-order valence-electron chi connectivity index (χ1n) is 6.63. The Morgan fingerprint density at radius 2 is 2.05 bits per heavy atom. The highest BCUT2D eigenvalue weighted by molar-refractivity contribution is 7.92. The smallest absolute Gasteiger partial charge is 0.255 e. The lowest BCUT2D eigenvalue weighted by Crippen LogP contribution is -2.32. The Bertz CT molecular complexity index is 613. The van der Waals surface area contributed by atoms with Crippen molar-refractivity contribution in [2.24, 2.45) is 0 Å². The van der Waals surface area contributed by atoms with Crippen LogP contribution in [-0.4, -0.2) is 40.8 Å². The number of rotatable bonds is 6. The summed E-state index contributed by atoms with van der Waals surface area (Å²) in [5.41, 5.74) is 0.721. The number of nitrogens with zero attached hydrogens (tertiary/aromatic N) is 1. The van der Waals surface area contributed by atoms with E-state index in [0.29, 0.717) is 17.0 Å². The highest BCUT2D eigenvalue weighted by Crippen LogP contribution is 2.25. The summed E-state index contributed by atoms with van der Waals surface area (Å²) >= 11 is 0. The van der Waals surface area contributed by atoms with Crippen molar-refractivity contribution in [3.05, 3.63) is 23.8 Å². The second-order valence-electron chi connectivity index (χ2n) is 4.90. The van der Waals surface area contributed by atoms with Crippen molar-refractivity contribution < 1.29 is 17.9 Å². The lowest BCUT2D eigenvalue weighted by molar-refractivity contribution is 0.0936. The van der Waals surface area contributed by atoms with Gasteiger partial charge in [-0.3, -0.25) is 9.10 Å². The van der Waals surface area contributed by atoms with Crippen LogP contribution >= 0.6 is 0 Å². The van der Waals surface area contributed by atoms with E-state index in [-0.39, 0.29) is 11.9 Å². The molecule has 0 saturated carbocycles. The molecule has 0 fully saturated rings. The molecule has 7 heteroatoms. The first-order chi connectivity index (χ1) is 9.70. The van der Waals surface area contributed by atoms with Gasteiger partial charge >= 0.3 is 0 Å². The van der Waals surface area contributed by atoms with Crippen LogP contribution in [0.25, 0.3) is 0 Å². The summed E-state index contributed by atoms with van der Waals surface area (Å²) in [5, 5.41) is 2.84. The van der Waals surface area contributed by atoms with Crippen molar-refractivity contribution in [3.63, 3.8) is 0 Å². The second kappa shape index (κ2) is 6.80. The van der Waals surface area contributed by atoms with Crippen LogP contribution in [0, 0.1) is 0 Å². The first-order valence-corrected chi connectivity index (χ1v) is 8.48. The zero-order chi connectivity index (χ0) is 16.2. The van der Waals surface area contributed by atoms with E-state index in [4.69, 9.17) is 4.74 Å². The molecule has 1 aromatic carbocycles. The van der Waals surface area contributed by atoms with Crippen LogP contribution in [0.15, 0.2) is 18.2 Å². The molecule has 1 aromatic rings. The molecule has 1 rings (SSSR count). The van der Waals surface area contributed by atoms with Crippen molar-refractivity contribution in [2.45, 2.75) is 26.3 Å². The molecule has 0 aliphatic heterocycles. The maximum Gasteiger partial charge on any atom is 0.255 e. The zero-order valence-electron chi connectivity index (χ0n) is 13.0. The van der Waals surface area contributed by atoms with Crippen molar-refractivity contribution in [1.82, 2.24) is 5.32 Å². The van der Waals surface area contributed by atoms with Crippen LogP contribution < -0.4 is 14.4 Å². The fourth-order valence-electron chi connectivity index (χ4n) is 1.66.